The number of rotatable bonds is 7. The molecule has 0 aliphatic carbocycles. The summed E-state index contributed by atoms with van der Waals surface area (Å²) in [6.45, 7) is 4.93. The molecule has 0 saturated carbocycles. The smallest absolute Gasteiger partial charge is 0.225 e. The summed E-state index contributed by atoms with van der Waals surface area (Å²) in [5, 5.41) is 6.67. The van der Waals surface area contributed by atoms with Crippen molar-refractivity contribution in [1.82, 2.24) is 19.9 Å². The van der Waals surface area contributed by atoms with Gasteiger partial charge in [0.05, 0.1) is 5.69 Å². The monoisotopic (exact) mass is 334 g/mol. The molecule has 0 fully saturated rings. The summed E-state index contributed by atoms with van der Waals surface area (Å²) in [6, 6.07) is 10.2. The van der Waals surface area contributed by atoms with Crippen LogP contribution in [0.15, 0.2) is 55.1 Å². The summed E-state index contributed by atoms with van der Waals surface area (Å²) in [5.41, 5.74) is 3.12. The Hall–Kier alpha value is -3.02. The van der Waals surface area contributed by atoms with E-state index in [1.54, 1.807) is 12.4 Å². The van der Waals surface area contributed by atoms with Crippen LogP contribution in [0, 0.1) is 0 Å². The van der Waals surface area contributed by atoms with Crippen LogP contribution in [-0.2, 0) is 6.42 Å². The molecule has 0 aromatic carbocycles. The largest absolute Gasteiger partial charge is 0.370 e. The molecule has 0 aliphatic rings. The Morgan fingerprint density at radius 3 is 2.28 bits per heavy atom. The van der Waals surface area contributed by atoms with Gasteiger partial charge in [-0.3, -0.25) is 9.97 Å². The van der Waals surface area contributed by atoms with Gasteiger partial charge in [-0.1, -0.05) is 0 Å². The first-order chi connectivity index (χ1) is 12.2. The quantitative estimate of drug-likeness (QED) is 0.689. The molecule has 6 nitrogen and oxygen atoms in total. The van der Waals surface area contributed by atoms with E-state index in [0.29, 0.717) is 5.95 Å². The third-order valence-corrected chi connectivity index (χ3v) is 3.59. The van der Waals surface area contributed by atoms with Crippen LogP contribution in [0.5, 0.6) is 0 Å². The summed E-state index contributed by atoms with van der Waals surface area (Å²) < 4.78 is 0. The van der Waals surface area contributed by atoms with Gasteiger partial charge in [-0.25, -0.2) is 4.98 Å². The van der Waals surface area contributed by atoms with Crippen molar-refractivity contribution < 1.29 is 0 Å². The van der Waals surface area contributed by atoms with Gasteiger partial charge in [0.1, 0.15) is 5.82 Å². The number of pyridine rings is 2. The fourth-order valence-electron chi connectivity index (χ4n) is 2.42. The Morgan fingerprint density at radius 1 is 0.920 bits per heavy atom. The van der Waals surface area contributed by atoms with E-state index in [4.69, 9.17) is 0 Å². The number of aromatic nitrogens is 4. The van der Waals surface area contributed by atoms with Crippen molar-refractivity contribution in [2.24, 2.45) is 0 Å². The van der Waals surface area contributed by atoms with E-state index < -0.39 is 0 Å². The standard InChI is InChI=1S/C19H22N6/c1-14(2)23-19-24-17(16-6-10-21-11-7-16)13-18(25-19)22-12-5-15-3-8-20-9-4-15/h3-4,6-11,13-14H,5,12H2,1-2H3,(H2,22,23,24,25). The minimum Gasteiger partial charge on any atom is -0.370 e. The van der Waals surface area contributed by atoms with E-state index >= 15 is 0 Å². The van der Waals surface area contributed by atoms with Gasteiger partial charge >= 0.3 is 0 Å². The number of nitrogens with one attached hydrogen (secondary N) is 2. The van der Waals surface area contributed by atoms with Gasteiger partial charge in [0.15, 0.2) is 0 Å². The molecule has 0 atom stereocenters. The van der Waals surface area contributed by atoms with Gasteiger partial charge in [-0.15, -0.1) is 0 Å². The number of hydrogen-bond acceptors (Lipinski definition) is 6. The van der Waals surface area contributed by atoms with Crippen LogP contribution in [0.3, 0.4) is 0 Å². The zero-order valence-corrected chi connectivity index (χ0v) is 14.5. The highest BCUT2D eigenvalue weighted by molar-refractivity contribution is 5.63. The van der Waals surface area contributed by atoms with Crippen LogP contribution < -0.4 is 10.6 Å². The van der Waals surface area contributed by atoms with Crippen molar-refractivity contribution in [3.05, 3.63) is 60.7 Å². The van der Waals surface area contributed by atoms with E-state index in [9.17, 15) is 0 Å². The van der Waals surface area contributed by atoms with E-state index in [-0.39, 0.29) is 6.04 Å². The lowest BCUT2D eigenvalue weighted by molar-refractivity contribution is 0.874. The third-order valence-electron chi connectivity index (χ3n) is 3.59. The van der Waals surface area contributed by atoms with Gasteiger partial charge in [-0.05, 0) is 50.1 Å². The number of nitrogens with zero attached hydrogens (tertiary/aromatic N) is 4. The molecule has 25 heavy (non-hydrogen) atoms. The van der Waals surface area contributed by atoms with Crippen LogP contribution in [0.25, 0.3) is 11.3 Å². The lowest BCUT2D eigenvalue weighted by Gasteiger charge is -2.13. The minimum atomic E-state index is 0.261. The third kappa shape index (κ3) is 4.97. The van der Waals surface area contributed by atoms with Crippen molar-refractivity contribution in [3.63, 3.8) is 0 Å². The molecule has 6 heteroatoms. The fraction of sp³-hybridized carbons (Fsp3) is 0.263. The first-order valence-corrected chi connectivity index (χ1v) is 8.39. The molecule has 0 spiro atoms. The Labute approximate surface area is 147 Å². The maximum atomic E-state index is 4.61. The topological polar surface area (TPSA) is 75.6 Å². The fourth-order valence-corrected chi connectivity index (χ4v) is 2.42. The maximum Gasteiger partial charge on any atom is 0.225 e. The summed E-state index contributed by atoms with van der Waals surface area (Å²) in [4.78, 5) is 17.3. The van der Waals surface area contributed by atoms with Crippen LogP contribution >= 0.6 is 0 Å². The lowest BCUT2D eigenvalue weighted by Crippen LogP contribution is -2.14. The number of anilines is 2. The van der Waals surface area contributed by atoms with Crippen molar-refractivity contribution in [3.8, 4) is 11.3 Å². The average Bonchev–Trinajstić information content (AvgIpc) is 2.63. The first kappa shape index (κ1) is 16.8. The SMILES string of the molecule is CC(C)Nc1nc(NCCc2ccncc2)cc(-c2ccncc2)n1. The molecule has 128 valence electrons. The molecule has 0 bridgehead atoms. The Bertz CT molecular complexity index is 790. The summed E-state index contributed by atoms with van der Waals surface area (Å²) in [5.74, 6) is 1.43. The molecular weight excluding hydrogens is 312 g/mol. The first-order valence-electron chi connectivity index (χ1n) is 8.39. The molecule has 2 N–H and O–H groups in total. The van der Waals surface area contributed by atoms with E-state index in [0.717, 1.165) is 30.0 Å². The summed E-state index contributed by atoms with van der Waals surface area (Å²) >= 11 is 0. The van der Waals surface area contributed by atoms with Crippen molar-refractivity contribution in [1.29, 1.82) is 0 Å². The van der Waals surface area contributed by atoms with Crippen molar-refractivity contribution in [2.45, 2.75) is 26.3 Å². The average molecular weight is 334 g/mol. The summed E-state index contributed by atoms with van der Waals surface area (Å²) in [7, 11) is 0. The maximum absolute atomic E-state index is 4.61. The molecule has 0 radical (unpaired) electrons. The zero-order chi connectivity index (χ0) is 17.5. The predicted octanol–water partition coefficient (Wildman–Crippen LogP) is 3.41. The van der Waals surface area contributed by atoms with Crippen LogP contribution in [0.1, 0.15) is 19.4 Å². The van der Waals surface area contributed by atoms with E-state index in [2.05, 4.69) is 44.4 Å². The van der Waals surface area contributed by atoms with E-state index in [1.165, 1.54) is 5.56 Å². The minimum absolute atomic E-state index is 0.261. The van der Waals surface area contributed by atoms with Crippen LogP contribution in [0.4, 0.5) is 11.8 Å². The Balaban J connectivity index is 1.77. The van der Waals surface area contributed by atoms with Gasteiger partial charge in [-0.2, -0.15) is 4.98 Å². The van der Waals surface area contributed by atoms with Crippen molar-refractivity contribution in [2.75, 3.05) is 17.2 Å². The zero-order valence-electron chi connectivity index (χ0n) is 14.5. The molecule has 3 aromatic heterocycles. The molecular formula is C19H22N6. The normalized spacial score (nSPS) is 10.7. The lowest BCUT2D eigenvalue weighted by atomic mass is 10.2. The Kier molecular flexibility index (Phi) is 5.51. The van der Waals surface area contributed by atoms with Crippen LogP contribution in [0.2, 0.25) is 0 Å². The molecule has 0 aliphatic heterocycles. The highest BCUT2D eigenvalue weighted by Gasteiger charge is 2.07. The highest BCUT2D eigenvalue weighted by Crippen LogP contribution is 2.21. The van der Waals surface area contributed by atoms with Gasteiger partial charge in [0.2, 0.25) is 5.95 Å². The van der Waals surface area contributed by atoms with E-state index in [1.807, 2.05) is 42.7 Å². The molecule has 3 aromatic rings. The molecule has 0 unspecified atom stereocenters. The second kappa shape index (κ2) is 8.19. The second-order valence-corrected chi connectivity index (χ2v) is 6.03. The van der Waals surface area contributed by atoms with Crippen molar-refractivity contribution >= 4 is 11.8 Å². The summed E-state index contributed by atoms with van der Waals surface area (Å²) in [6.07, 6.45) is 8.07. The van der Waals surface area contributed by atoms with Gasteiger partial charge in [0, 0.05) is 49.0 Å². The van der Waals surface area contributed by atoms with Crippen LogP contribution in [-0.4, -0.2) is 32.5 Å². The molecule has 3 heterocycles. The molecule has 3 rings (SSSR count). The molecule has 0 amide bonds. The molecule has 0 saturated heterocycles. The second-order valence-electron chi connectivity index (χ2n) is 6.03. The number of hydrogen-bond donors (Lipinski definition) is 2. The Morgan fingerprint density at radius 2 is 1.60 bits per heavy atom. The predicted molar refractivity (Wildman–Crippen MR) is 100 cm³/mol. The highest BCUT2D eigenvalue weighted by atomic mass is 15.1. The van der Waals surface area contributed by atoms with Gasteiger partial charge in [0.25, 0.3) is 0 Å². The van der Waals surface area contributed by atoms with Gasteiger partial charge < -0.3 is 10.6 Å².